The number of aryl methyl sites for hydroxylation is 2. The van der Waals surface area contributed by atoms with E-state index in [1.807, 2.05) is 6.92 Å². The first-order valence-corrected chi connectivity index (χ1v) is 6.05. The highest BCUT2D eigenvalue weighted by Crippen LogP contribution is 2.30. The highest BCUT2D eigenvalue weighted by atomic mass is 19.1. The van der Waals surface area contributed by atoms with E-state index in [0.29, 0.717) is 18.3 Å². The molecular formula is C14H13FN2O3. The molecule has 0 saturated carbocycles. The fourth-order valence-corrected chi connectivity index (χ4v) is 2.12. The quantitative estimate of drug-likeness (QED) is 0.841. The van der Waals surface area contributed by atoms with Crippen LogP contribution in [0.5, 0.6) is 0 Å². The van der Waals surface area contributed by atoms with Crippen molar-refractivity contribution in [1.82, 2.24) is 10.2 Å². The zero-order chi connectivity index (χ0) is 14.9. The van der Waals surface area contributed by atoms with Gasteiger partial charge in [-0.2, -0.15) is 5.10 Å². The zero-order valence-corrected chi connectivity index (χ0v) is 11.0. The lowest BCUT2D eigenvalue weighted by Gasteiger charge is -2.08. The van der Waals surface area contributed by atoms with E-state index in [-0.39, 0.29) is 28.1 Å². The molecule has 0 saturated heterocycles. The average Bonchev–Trinajstić information content (AvgIpc) is 2.79. The maximum Gasteiger partial charge on any atom is 0.339 e. The minimum Gasteiger partial charge on any atom is -0.478 e. The molecular weight excluding hydrogens is 263 g/mol. The van der Waals surface area contributed by atoms with Gasteiger partial charge in [-0.3, -0.25) is 9.89 Å². The number of carbonyl (C=O) groups excluding carboxylic acids is 1. The summed E-state index contributed by atoms with van der Waals surface area (Å²) >= 11 is 0. The zero-order valence-electron chi connectivity index (χ0n) is 11.0. The van der Waals surface area contributed by atoms with Crippen LogP contribution in [-0.2, 0) is 6.42 Å². The molecule has 0 fully saturated rings. The van der Waals surface area contributed by atoms with Crippen LogP contribution in [0.3, 0.4) is 0 Å². The number of carboxylic acids is 1. The first kappa shape index (κ1) is 13.9. The van der Waals surface area contributed by atoms with Gasteiger partial charge in [0.2, 0.25) is 0 Å². The molecule has 6 heteroatoms. The van der Waals surface area contributed by atoms with Gasteiger partial charge in [-0.05, 0) is 31.0 Å². The molecule has 0 aliphatic rings. The summed E-state index contributed by atoms with van der Waals surface area (Å²) < 4.78 is 14.2. The van der Waals surface area contributed by atoms with Crippen molar-refractivity contribution >= 4 is 12.3 Å². The SMILES string of the molecule is CCc1cc(F)c(-c2[nH]nc(C)c2C(=O)O)c(C=O)c1. The van der Waals surface area contributed by atoms with Crippen LogP contribution in [0.4, 0.5) is 4.39 Å². The lowest BCUT2D eigenvalue weighted by Crippen LogP contribution is -2.03. The number of hydrogen-bond donors (Lipinski definition) is 2. The van der Waals surface area contributed by atoms with E-state index >= 15 is 0 Å². The Morgan fingerprint density at radius 1 is 1.50 bits per heavy atom. The fourth-order valence-electron chi connectivity index (χ4n) is 2.12. The summed E-state index contributed by atoms with van der Waals surface area (Å²) in [5, 5.41) is 15.5. The predicted octanol–water partition coefficient (Wildman–Crippen LogP) is 2.60. The summed E-state index contributed by atoms with van der Waals surface area (Å²) in [6.07, 6.45) is 1.09. The van der Waals surface area contributed by atoms with Crippen molar-refractivity contribution in [3.8, 4) is 11.3 Å². The van der Waals surface area contributed by atoms with E-state index in [0.717, 1.165) is 0 Å². The van der Waals surface area contributed by atoms with E-state index < -0.39 is 11.8 Å². The Kier molecular flexibility index (Phi) is 3.65. The Labute approximate surface area is 114 Å². The van der Waals surface area contributed by atoms with Crippen LogP contribution < -0.4 is 0 Å². The van der Waals surface area contributed by atoms with Crippen LogP contribution in [-0.4, -0.2) is 27.6 Å². The molecule has 2 aromatic rings. The van der Waals surface area contributed by atoms with Crippen molar-refractivity contribution in [2.45, 2.75) is 20.3 Å². The van der Waals surface area contributed by atoms with Crippen LogP contribution in [0, 0.1) is 12.7 Å². The number of hydrogen-bond acceptors (Lipinski definition) is 3. The number of halogens is 1. The second-order valence-electron chi connectivity index (χ2n) is 4.38. The van der Waals surface area contributed by atoms with Gasteiger partial charge in [0.25, 0.3) is 0 Å². The largest absolute Gasteiger partial charge is 0.478 e. The lowest BCUT2D eigenvalue weighted by molar-refractivity contribution is 0.0697. The number of benzene rings is 1. The number of nitrogens with zero attached hydrogens (tertiary/aromatic N) is 1. The van der Waals surface area contributed by atoms with E-state index in [1.165, 1.54) is 13.0 Å². The third kappa shape index (κ3) is 2.20. The molecule has 0 radical (unpaired) electrons. The number of H-pyrrole nitrogens is 1. The summed E-state index contributed by atoms with van der Waals surface area (Å²) in [4.78, 5) is 22.4. The van der Waals surface area contributed by atoms with Crippen molar-refractivity contribution in [3.05, 3.63) is 40.3 Å². The second-order valence-corrected chi connectivity index (χ2v) is 4.38. The molecule has 0 unspecified atom stereocenters. The van der Waals surface area contributed by atoms with Crippen molar-refractivity contribution in [2.24, 2.45) is 0 Å². The van der Waals surface area contributed by atoms with E-state index in [2.05, 4.69) is 10.2 Å². The van der Waals surface area contributed by atoms with Gasteiger partial charge < -0.3 is 5.11 Å². The molecule has 1 heterocycles. The third-order valence-corrected chi connectivity index (χ3v) is 3.13. The number of aromatic amines is 1. The van der Waals surface area contributed by atoms with Gasteiger partial charge in [-0.15, -0.1) is 0 Å². The molecule has 1 aromatic heterocycles. The molecule has 20 heavy (non-hydrogen) atoms. The van der Waals surface area contributed by atoms with Gasteiger partial charge in [-0.1, -0.05) is 6.92 Å². The Balaban J connectivity index is 2.76. The molecule has 2 N–H and O–H groups in total. The van der Waals surface area contributed by atoms with E-state index in [4.69, 9.17) is 0 Å². The Bertz CT molecular complexity index is 692. The number of aldehydes is 1. The molecule has 5 nitrogen and oxygen atoms in total. The molecule has 2 rings (SSSR count). The smallest absolute Gasteiger partial charge is 0.339 e. The first-order chi connectivity index (χ1) is 9.49. The predicted molar refractivity (Wildman–Crippen MR) is 70.4 cm³/mol. The normalized spacial score (nSPS) is 10.6. The summed E-state index contributed by atoms with van der Waals surface area (Å²) in [6, 6.07) is 2.84. The number of nitrogens with one attached hydrogen (secondary N) is 1. The molecule has 1 aromatic carbocycles. The van der Waals surface area contributed by atoms with Crippen molar-refractivity contribution in [2.75, 3.05) is 0 Å². The first-order valence-electron chi connectivity index (χ1n) is 6.05. The van der Waals surface area contributed by atoms with Crippen LogP contribution in [0.2, 0.25) is 0 Å². The van der Waals surface area contributed by atoms with Crippen LogP contribution >= 0.6 is 0 Å². The number of aromatic nitrogens is 2. The number of carboxylic acid groups (broad SMARTS) is 1. The van der Waals surface area contributed by atoms with Gasteiger partial charge in [0.05, 0.1) is 11.4 Å². The minimum atomic E-state index is -1.22. The average molecular weight is 276 g/mol. The van der Waals surface area contributed by atoms with Gasteiger partial charge in [0.1, 0.15) is 11.4 Å². The van der Waals surface area contributed by atoms with Crippen LogP contribution in [0.1, 0.15) is 38.9 Å². The number of aromatic carboxylic acids is 1. The van der Waals surface area contributed by atoms with Crippen molar-refractivity contribution in [3.63, 3.8) is 0 Å². The van der Waals surface area contributed by atoms with Gasteiger partial charge >= 0.3 is 5.97 Å². The number of rotatable bonds is 4. The summed E-state index contributed by atoms with van der Waals surface area (Å²) in [6.45, 7) is 3.34. The highest BCUT2D eigenvalue weighted by Gasteiger charge is 2.23. The second kappa shape index (κ2) is 5.24. The van der Waals surface area contributed by atoms with Crippen molar-refractivity contribution in [1.29, 1.82) is 0 Å². The van der Waals surface area contributed by atoms with Gasteiger partial charge in [0, 0.05) is 11.1 Å². The Hall–Kier alpha value is -2.50. The molecule has 0 aliphatic carbocycles. The summed E-state index contributed by atoms with van der Waals surface area (Å²) in [7, 11) is 0. The molecule has 0 spiro atoms. The fraction of sp³-hybridized carbons (Fsp3) is 0.214. The standard InChI is InChI=1S/C14H13FN2O3/c1-3-8-4-9(6-18)12(10(15)5-8)13-11(14(19)20)7(2)16-17-13/h4-6H,3H2,1-2H3,(H,16,17)(H,19,20). The van der Waals surface area contributed by atoms with E-state index in [1.54, 1.807) is 6.07 Å². The third-order valence-electron chi connectivity index (χ3n) is 3.13. The molecule has 0 aliphatic heterocycles. The monoisotopic (exact) mass is 276 g/mol. The minimum absolute atomic E-state index is 0.0113. The summed E-state index contributed by atoms with van der Waals surface area (Å²) in [5.41, 5.74) is 0.835. The van der Waals surface area contributed by atoms with Gasteiger partial charge in [-0.25, -0.2) is 9.18 Å². The maximum absolute atomic E-state index is 14.2. The van der Waals surface area contributed by atoms with Gasteiger partial charge in [0.15, 0.2) is 6.29 Å². The van der Waals surface area contributed by atoms with Crippen LogP contribution in [0.25, 0.3) is 11.3 Å². The molecule has 0 amide bonds. The molecule has 0 bridgehead atoms. The molecule has 104 valence electrons. The van der Waals surface area contributed by atoms with Crippen LogP contribution in [0.15, 0.2) is 12.1 Å². The lowest BCUT2D eigenvalue weighted by atomic mass is 9.97. The van der Waals surface area contributed by atoms with Crippen molar-refractivity contribution < 1.29 is 19.1 Å². The Morgan fingerprint density at radius 3 is 2.75 bits per heavy atom. The topological polar surface area (TPSA) is 83.1 Å². The number of carbonyl (C=O) groups is 2. The summed E-state index contributed by atoms with van der Waals surface area (Å²) in [5.74, 6) is -1.86. The molecule has 0 atom stereocenters. The Morgan fingerprint density at radius 2 is 2.20 bits per heavy atom. The maximum atomic E-state index is 14.2. The highest BCUT2D eigenvalue weighted by molar-refractivity contribution is 5.99. The van der Waals surface area contributed by atoms with E-state index in [9.17, 15) is 19.1 Å².